The van der Waals surface area contributed by atoms with Crippen molar-refractivity contribution >= 4 is 5.91 Å². The summed E-state index contributed by atoms with van der Waals surface area (Å²) >= 11 is 0. The number of carbonyl (C=O) groups is 1. The van der Waals surface area contributed by atoms with Crippen LogP contribution < -0.4 is 0 Å². The highest BCUT2D eigenvalue weighted by Crippen LogP contribution is 2.32. The number of nitrogens with zero attached hydrogens (tertiary/aromatic N) is 3. The van der Waals surface area contributed by atoms with Crippen LogP contribution in [-0.2, 0) is 6.42 Å². The first-order valence-corrected chi connectivity index (χ1v) is 7.56. The second-order valence-corrected chi connectivity index (χ2v) is 5.42. The Bertz CT molecular complexity index is 608. The molecule has 1 fully saturated rings. The number of aryl methyl sites for hydroxylation is 1. The molecular weight excluding hydrogens is 264 g/mol. The summed E-state index contributed by atoms with van der Waals surface area (Å²) < 4.78 is 0. The van der Waals surface area contributed by atoms with Crippen LogP contribution in [0.3, 0.4) is 0 Å². The average Bonchev–Trinajstić information content (AvgIpc) is 3.17. The fourth-order valence-electron chi connectivity index (χ4n) is 2.90. The van der Waals surface area contributed by atoms with E-state index in [1.54, 1.807) is 0 Å². The van der Waals surface area contributed by atoms with Crippen molar-refractivity contribution in [1.82, 2.24) is 20.1 Å². The average molecular weight is 284 g/mol. The lowest BCUT2D eigenvalue weighted by Gasteiger charge is -2.23. The smallest absolute Gasteiger partial charge is 0.294 e. The minimum atomic E-state index is -0.0695. The van der Waals surface area contributed by atoms with Gasteiger partial charge in [-0.3, -0.25) is 9.89 Å². The van der Waals surface area contributed by atoms with Gasteiger partial charge >= 0.3 is 0 Å². The zero-order valence-corrected chi connectivity index (χ0v) is 12.2. The number of aromatic nitrogens is 3. The van der Waals surface area contributed by atoms with Gasteiger partial charge < -0.3 is 4.90 Å². The molecule has 2 heterocycles. The van der Waals surface area contributed by atoms with E-state index < -0.39 is 0 Å². The third kappa shape index (κ3) is 2.82. The van der Waals surface area contributed by atoms with Gasteiger partial charge in [-0.25, -0.2) is 4.98 Å². The van der Waals surface area contributed by atoms with Gasteiger partial charge in [-0.15, -0.1) is 5.10 Å². The lowest BCUT2D eigenvalue weighted by molar-refractivity contribution is 0.0723. The number of carbonyl (C=O) groups excluding carboxylic acids is 1. The molecule has 1 saturated heterocycles. The van der Waals surface area contributed by atoms with E-state index in [1.807, 2.05) is 23.1 Å². The second kappa shape index (κ2) is 6.08. The van der Waals surface area contributed by atoms with E-state index in [2.05, 4.69) is 34.2 Å². The van der Waals surface area contributed by atoms with Gasteiger partial charge in [0.05, 0.1) is 6.04 Å². The molecule has 0 radical (unpaired) electrons. The van der Waals surface area contributed by atoms with Crippen molar-refractivity contribution in [1.29, 1.82) is 0 Å². The second-order valence-electron chi connectivity index (χ2n) is 5.42. The summed E-state index contributed by atoms with van der Waals surface area (Å²) in [7, 11) is 0. The molecule has 110 valence electrons. The molecule has 1 aromatic carbocycles. The van der Waals surface area contributed by atoms with Crippen molar-refractivity contribution in [3.05, 3.63) is 47.5 Å². The van der Waals surface area contributed by atoms with Crippen molar-refractivity contribution in [3.8, 4) is 0 Å². The van der Waals surface area contributed by atoms with Crippen LogP contribution in [0.1, 0.15) is 54.2 Å². The van der Waals surface area contributed by atoms with E-state index in [0.717, 1.165) is 38.1 Å². The molecule has 1 atom stereocenters. The van der Waals surface area contributed by atoms with Gasteiger partial charge in [0.1, 0.15) is 5.82 Å². The van der Waals surface area contributed by atoms with Gasteiger partial charge in [0.15, 0.2) is 0 Å². The lowest BCUT2D eigenvalue weighted by Crippen LogP contribution is -2.31. The molecule has 2 aromatic rings. The Kier molecular flexibility index (Phi) is 3.99. The van der Waals surface area contributed by atoms with Crippen LogP contribution in [0.5, 0.6) is 0 Å². The molecule has 1 unspecified atom stereocenters. The number of hydrogen-bond acceptors (Lipinski definition) is 3. The van der Waals surface area contributed by atoms with Gasteiger partial charge in [-0.1, -0.05) is 37.3 Å². The summed E-state index contributed by atoms with van der Waals surface area (Å²) in [6, 6.07) is 10.3. The third-order valence-corrected chi connectivity index (χ3v) is 3.91. The standard InChI is InChI=1S/C16H20N4O/c1-2-7-14-17-15(19-18-14)16(21)20-11-6-10-13(20)12-8-4-3-5-9-12/h3-5,8-9,13H,2,6-7,10-11H2,1H3,(H,17,18,19). The van der Waals surface area contributed by atoms with Crippen LogP contribution in [0.15, 0.2) is 30.3 Å². The predicted molar refractivity (Wildman–Crippen MR) is 79.8 cm³/mol. The Morgan fingerprint density at radius 2 is 2.19 bits per heavy atom. The number of aromatic amines is 1. The first kappa shape index (κ1) is 13.8. The zero-order valence-electron chi connectivity index (χ0n) is 12.2. The molecule has 5 heteroatoms. The summed E-state index contributed by atoms with van der Waals surface area (Å²) in [4.78, 5) is 18.8. The minimum absolute atomic E-state index is 0.0695. The number of rotatable bonds is 4. The molecule has 1 N–H and O–H groups in total. The summed E-state index contributed by atoms with van der Waals surface area (Å²) in [5.41, 5.74) is 1.19. The van der Waals surface area contributed by atoms with Gasteiger partial charge in [0, 0.05) is 13.0 Å². The van der Waals surface area contributed by atoms with Crippen LogP contribution in [0, 0.1) is 0 Å². The first-order valence-electron chi connectivity index (χ1n) is 7.56. The van der Waals surface area contributed by atoms with Crippen LogP contribution in [-0.4, -0.2) is 32.5 Å². The third-order valence-electron chi connectivity index (χ3n) is 3.91. The Hall–Kier alpha value is -2.17. The van der Waals surface area contributed by atoms with Crippen molar-refractivity contribution in [2.75, 3.05) is 6.54 Å². The Morgan fingerprint density at radius 3 is 2.95 bits per heavy atom. The normalized spacial score (nSPS) is 18.1. The molecule has 1 aromatic heterocycles. The fourth-order valence-corrected chi connectivity index (χ4v) is 2.90. The Morgan fingerprint density at radius 1 is 1.38 bits per heavy atom. The van der Waals surface area contributed by atoms with Crippen molar-refractivity contribution in [2.45, 2.75) is 38.6 Å². The highest BCUT2D eigenvalue weighted by Gasteiger charge is 2.32. The Balaban J connectivity index is 1.79. The monoisotopic (exact) mass is 284 g/mol. The predicted octanol–water partition coefficient (Wildman–Crippen LogP) is 2.73. The number of H-pyrrole nitrogens is 1. The molecule has 1 aliphatic heterocycles. The maximum Gasteiger partial charge on any atom is 0.294 e. The van der Waals surface area contributed by atoms with E-state index in [4.69, 9.17) is 0 Å². The maximum atomic E-state index is 12.6. The van der Waals surface area contributed by atoms with Crippen molar-refractivity contribution in [2.24, 2.45) is 0 Å². The number of amides is 1. The number of benzene rings is 1. The number of hydrogen-bond donors (Lipinski definition) is 1. The van der Waals surface area contributed by atoms with E-state index >= 15 is 0 Å². The molecular formula is C16H20N4O. The molecule has 0 saturated carbocycles. The topological polar surface area (TPSA) is 61.9 Å². The van der Waals surface area contributed by atoms with E-state index in [-0.39, 0.29) is 11.9 Å². The molecule has 5 nitrogen and oxygen atoms in total. The zero-order chi connectivity index (χ0) is 14.7. The fraction of sp³-hybridized carbons (Fsp3) is 0.438. The molecule has 3 rings (SSSR count). The van der Waals surface area contributed by atoms with E-state index in [9.17, 15) is 4.79 Å². The summed E-state index contributed by atoms with van der Waals surface area (Å²) in [6.07, 6.45) is 3.83. The van der Waals surface area contributed by atoms with E-state index in [0.29, 0.717) is 5.82 Å². The lowest BCUT2D eigenvalue weighted by atomic mass is 10.0. The molecule has 0 spiro atoms. The largest absolute Gasteiger partial charge is 0.329 e. The van der Waals surface area contributed by atoms with Crippen molar-refractivity contribution < 1.29 is 4.79 Å². The highest BCUT2D eigenvalue weighted by atomic mass is 16.2. The van der Waals surface area contributed by atoms with Crippen molar-refractivity contribution in [3.63, 3.8) is 0 Å². The molecule has 21 heavy (non-hydrogen) atoms. The SMILES string of the molecule is CCCc1nc(C(=O)N2CCCC2c2ccccc2)n[nH]1. The van der Waals surface area contributed by atoms with Crippen LogP contribution in [0.4, 0.5) is 0 Å². The van der Waals surface area contributed by atoms with Crippen LogP contribution in [0.25, 0.3) is 0 Å². The molecule has 0 bridgehead atoms. The molecule has 1 amide bonds. The Labute approximate surface area is 124 Å². The maximum absolute atomic E-state index is 12.6. The number of likely N-dealkylation sites (tertiary alicyclic amines) is 1. The van der Waals surface area contributed by atoms with Crippen LogP contribution in [0.2, 0.25) is 0 Å². The van der Waals surface area contributed by atoms with Gasteiger partial charge in [0.2, 0.25) is 5.82 Å². The number of nitrogens with one attached hydrogen (secondary N) is 1. The minimum Gasteiger partial charge on any atom is -0.329 e. The molecule has 1 aliphatic rings. The van der Waals surface area contributed by atoms with Gasteiger partial charge in [-0.05, 0) is 24.8 Å². The first-order chi connectivity index (χ1) is 10.3. The van der Waals surface area contributed by atoms with Gasteiger partial charge in [0.25, 0.3) is 5.91 Å². The summed E-state index contributed by atoms with van der Waals surface area (Å²) in [6.45, 7) is 2.85. The quantitative estimate of drug-likeness (QED) is 0.939. The van der Waals surface area contributed by atoms with E-state index in [1.165, 1.54) is 5.56 Å². The highest BCUT2D eigenvalue weighted by molar-refractivity contribution is 5.91. The molecule has 0 aliphatic carbocycles. The van der Waals surface area contributed by atoms with Crippen LogP contribution >= 0.6 is 0 Å². The van der Waals surface area contributed by atoms with Gasteiger partial charge in [-0.2, -0.15) is 0 Å². The summed E-state index contributed by atoms with van der Waals surface area (Å²) in [5.74, 6) is 1.01. The summed E-state index contributed by atoms with van der Waals surface area (Å²) in [5, 5.41) is 6.94.